The Balaban J connectivity index is 1.70. The molecule has 1 fully saturated rings. The summed E-state index contributed by atoms with van der Waals surface area (Å²) >= 11 is 0. The van der Waals surface area contributed by atoms with Crippen molar-refractivity contribution < 1.29 is 14.3 Å². The van der Waals surface area contributed by atoms with Crippen LogP contribution in [0.4, 0.5) is 0 Å². The van der Waals surface area contributed by atoms with Crippen LogP contribution < -0.4 is 0 Å². The van der Waals surface area contributed by atoms with E-state index in [2.05, 4.69) is 48.5 Å². The van der Waals surface area contributed by atoms with Gasteiger partial charge in [-0.25, -0.2) is 0 Å². The van der Waals surface area contributed by atoms with Crippen molar-refractivity contribution in [2.24, 2.45) is 5.92 Å². The summed E-state index contributed by atoms with van der Waals surface area (Å²) < 4.78 is 11.0. The molecule has 2 aliphatic heterocycles. The zero-order valence-corrected chi connectivity index (χ0v) is 12.8. The Morgan fingerprint density at radius 2 is 1.65 bits per heavy atom. The number of ether oxygens (including phenoxy) is 2. The fraction of sp³-hybridized carbons (Fsp3) is 0.250. The number of carbonyl (C=O) groups is 1. The Labute approximate surface area is 133 Å². The monoisotopic (exact) mass is 304 g/mol. The van der Waals surface area contributed by atoms with E-state index in [1.807, 2.05) is 0 Å². The van der Waals surface area contributed by atoms with Gasteiger partial charge in [-0.1, -0.05) is 24.3 Å². The van der Waals surface area contributed by atoms with Gasteiger partial charge in [0.05, 0.1) is 25.2 Å². The van der Waals surface area contributed by atoms with E-state index in [9.17, 15) is 4.79 Å². The lowest BCUT2D eigenvalue weighted by molar-refractivity contribution is -0.147. The molecule has 3 aromatic carbocycles. The van der Waals surface area contributed by atoms with Gasteiger partial charge >= 0.3 is 5.97 Å². The topological polar surface area (TPSA) is 35.5 Å². The molecule has 2 bridgehead atoms. The second kappa shape index (κ2) is 4.56. The molecule has 2 heterocycles. The van der Waals surface area contributed by atoms with Crippen molar-refractivity contribution in [3.8, 4) is 0 Å². The molecule has 0 spiro atoms. The van der Waals surface area contributed by atoms with Gasteiger partial charge in [-0.2, -0.15) is 0 Å². The third-order valence-electron chi connectivity index (χ3n) is 5.21. The largest absolute Gasteiger partial charge is 0.469 e. The fourth-order valence-corrected chi connectivity index (χ4v) is 4.10. The smallest absolute Gasteiger partial charge is 0.311 e. The summed E-state index contributed by atoms with van der Waals surface area (Å²) in [5.41, 5.74) is 2.39. The van der Waals surface area contributed by atoms with Crippen molar-refractivity contribution in [1.29, 1.82) is 0 Å². The SMILES string of the molecule is COC(=O)C1C[C@@H]2O[C@H]1c1cc3cc4ccccc4cc3cc12. The molecular weight excluding hydrogens is 288 g/mol. The summed E-state index contributed by atoms with van der Waals surface area (Å²) in [5, 5.41) is 4.90. The van der Waals surface area contributed by atoms with Crippen molar-refractivity contribution >= 4 is 27.5 Å². The van der Waals surface area contributed by atoms with Crippen LogP contribution in [0.3, 0.4) is 0 Å². The van der Waals surface area contributed by atoms with E-state index in [0.29, 0.717) is 0 Å². The molecule has 2 aliphatic rings. The predicted molar refractivity (Wildman–Crippen MR) is 88.1 cm³/mol. The number of fused-ring (bicyclic) bond motifs is 7. The van der Waals surface area contributed by atoms with Crippen molar-refractivity contribution in [2.75, 3.05) is 7.11 Å². The van der Waals surface area contributed by atoms with E-state index in [0.717, 1.165) is 12.0 Å². The van der Waals surface area contributed by atoms with Crippen LogP contribution in [-0.4, -0.2) is 13.1 Å². The van der Waals surface area contributed by atoms with Crippen LogP contribution >= 0.6 is 0 Å². The third kappa shape index (κ3) is 1.77. The predicted octanol–water partition coefficient (Wildman–Crippen LogP) is 4.30. The average molecular weight is 304 g/mol. The molecule has 0 amide bonds. The second-order valence-electron chi connectivity index (χ2n) is 6.44. The minimum Gasteiger partial charge on any atom is -0.469 e. The van der Waals surface area contributed by atoms with E-state index < -0.39 is 0 Å². The van der Waals surface area contributed by atoms with Gasteiger partial charge in [-0.15, -0.1) is 0 Å². The molecule has 5 rings (SSSR count). The zero-order valence-electron chi connectivity index (χ0n) is 12.8. The zero-order chi connectivity index (χ0) is 15.6. The van der Waals surface area contributed by atoms with Crippen LogP contribution in [-0.2, 0) is 14.3 Å². The first-order chi connectivity index (χ1) is 11.2. The van der Waals surface area contributed by atoms with E-state index in [-0.39, 0.29) is 24.1 Å². The highest BCUT2D eigenvalue weighted by molar-refractivity contribution is 5.99. The third-order valence-corrected chi connectivity index (χ3v) is 5.21. The molecule has 114 valence electrons. The number of hydrogen-bond donors (Lipinski definition) is 0. The Morgan fingerprint density at radius 3 is 2.30 bits per heavy atom. The maximum Gasteiger partial charge on any atom is 0.311 e. The Hall–Kier alpha value is -2.39. The van der Waals surface area contributed by atoms with Gasteiger partial charge in [0, 0.05) is 0 Å². The lowest BCUT2D eigenvalue weighted by Crippen LogP contribution is -2.21. The van der Waals surface area contributed by atoms with E-state index in [4.69, 9.17) is 9.47 Å². The highest BCUT2D eigenvalue weighted by Gasteiger charge is 2.48. The highest BCUT2D eigenvalue weighted by atomic mass is 16.5. The molecule has 0 aliphatic carbocycles. The first kappa shape index (κ1) is 13.1. The number of hydrogen-bond acceptors (Lipinski definition) is 3. The van der Waals surface area contributed by atoms with Crippen LogP contribution in [0, 0.1) is 5.92 Å². The summed E-state index contributed by atoms with van der Waals surface area (Å²) in [7, 11) is 1.45. The number of carbonyl (C=O) groups excluding carboxylic acids is 1. The lowest BCUT2D eigenvalue weighted by Gasteiger charge is -2.20. The molecule has 3 nitrogen and oxygen atoms in total. The molecule has 0 radical (unpaired) electrons. The lowest BCUT2D eigenvalue weighted by atomic mass is 9.82. The van der Waals surface area contributed by atoms with Crippen LogP contribution in [0.15, 0.2) is 48.5 Å². The molecule has 0 N–H and O–H groups in total. The van der Waals surface area contributed by atoms with Gasteiger partial charge in [0.2, 0.25) is 0 Å². The van der Waals surface area contributed by atoms with Gasteiger partial charge in [0.25, 0.3) is 0 Å². The second-order valence-corrected chi connectivity index (χ2v) is 6.44. The van der Waals surface area contributed by atoms with E-state index >= 15 is 0 Å². The molecule has 3 atom stereocenters. The van der Waals surface area contributed by atoms with Crippen molar-refractivity contribution in [1.82, 2.24) is 0 Å². The Morgan fingerprint density at radius 1 is 1.00 bits per heavy atom. The molecule has 3 aromatic rings. The fourth-order valence-electron chi connectivity index (χ4n) is 4.10. The van der Waals surface area contributed by atoms with Crippen molar-refractivity contribution in [2.45, 2.75) is 18.6 Å². The minimum atomic E-state index is -0.171. The van der Waals surface area contributed by atoms with Gasteiger partial charge in [-0.05, 0) is 63.4 Å². The quantitative estimate of drug-likeness (QED) is 0.497. The van der Waals surface area contributed by atoms with Gasteiger partial charge in [0.1, 0.15) is 0 Å². The van der Waals surface area contributed by atoms with Crippen molar-refractivity contribution in [3.05, 3.63) is 59.7 Å². The standard InChI is InChI=1S/C20H16O3/c1-22-20(21)17-10-18-15-8-13-6-11-4-2-3-5-12(11)7-14(13)9-16(15)19(17)23-18/h2-9,17-19H,10H2,1H3/t17?,18-,19-/m0/s1. The summed E-state index contributed by atoms with van der Waals surface area (Å²) in [6.45, 7) is 0. The molecule has 23 heavy (non-hydrogen) atoms. The summed E-state index contributed by atoms with van der Waals surface area (Å²) in [5.74, 6) is -0.336. The van der Waals surface area contributed by atoms with E-state index in [1.54, 1.807) is 0 Å². The van der Waals surface area contributed by atoms with Gasteiger partial charge < -0.3 is 9.47 Å². The van der Waals surface area contributed by atoms with Crippen molar-refractivity contribution in [3.63, 3.8) is 0 Å². The summed E-state index contributed by atoms with van der Waals surface area (Å²) in [6, 6.07) is 17.2. The van der Waals surface area contributed by atoms with Crippen LogP contribution in [0.1, 0.15) is 29.8 Å². The van der Waals surface area contributed by atoms with Crippen LogP contribution in [0.25, 0.3) is 21.5 Å². The first-order valence-corrected chi connectivity index (χ1v) is 7.94. The van der Waals surface area contributed by atoms with Crippen LogP contribution in [0.5, 0.6) is 0 Å². The number of esters is 1. The Bertz CT molecular complexity index is 960. The van der Waals surface area contributed by atoms with Gasteiger partial charge in [-0.3, -0.25) is 4.79 Å². The summed E-state index contributed by atoms with van der Waals surface area (Å²) in [6.07, 6.45) is 0.594. The number of rotatable bonds is 1. The van der Waals surface area contributed by atoms with Crippen LogP contribution in [0.2, 0.25) is 0 Å². The highest BCUT2D eigenvalue weighted by Crippen LogP contribution is 2.55. The molecule has 1 unspecified atom stereocenters. The molecule has 0 aromatic heterocycles. The summed E-state index contributed by atoms with van der Waals surface area (Å²) in [4.78, 5) is 11.9. The average Bonchev–Trinajstić information content (AvgIpc) is 3.16. The molecular formula is C20H16O3. The maximum absolute atomic E-state index is 11.9. The number of methoxy groups -OCH3 is 1. The Kier molecular flexibility index (Phi) is 2.59. The minimum absolute atomic E-state index is 0.0231. The first-order valence-electron chi connectivity index (χ1n) is 7.94. The maximum atomic E-state index is 11.9. The van der Waals surface area contributed by atoms with Gasteiger partial charge in [0.15, 0.2) is 0 Å². The molecule has 3 heteroatoms. The number of benzene rings is 3. The molecule has 1 saturated heterocycles. The molecule has 0 saturated carbocycles. The normalized spacial score (nSPS) is 25.0. The van der Waals surface area contributed by atoms with E-state index in [1.165, 1.54) is 34.2 Å².